The maximum Gasteiger partial charge on any atom is 0.411 e. The van der Waals surface area contributed by atoms with Crippen LogP contribution in [0.15, 0.2) is 42.5 Å². The summed E-state index contributed by atoms with van der Waals surface area (Å²) in [7, 11) is 0. The minimum absolute atomic E-state index is 0.00266. The van der Waals surface area contributed by atoms with Crippen LogP contribution in [0.5, 0.6) is 0 Å². The zero-order valence-corrected chi connectivity index (χ0v) is 16.5. The number of hydrogen-bond acceptors (Lipinski definition) is 4. The molecule has 3 rings (SSSR count). The van der Waals surface area contributed by atoms with Crippen LogP contribution in [0.1, 0.15) is 31.9 Å². The third kappa shape index (κ3) is 4.51. The van der Waals surface area contributed by atoms with Crippen LogP contribution in [0.3, 0.4) is 0 Å². The van der Waals surface area contributed by atoms with Crippen molar-refractivity contribution in [1.82, 2.24) is 0 Å². The summed E-state index contributed by atoms with van der Waals surface area (Å²) >= 11 is 0. The van der Waals surface area contributed by atoms with Gasteiger partial charge in [0.15, 0.2) is 0 Å². The van der Waals surface area contributed by atoms with Crippen molar-refractivity contribution in [2.75, 3.05) is 23.4 Å². The molecule has 0 saturated carbocycles. The predicted octanol–water partition coefficient (Wildman–Crippen LogP) is 4.44. The Bertz CT molecular complexity index is 863. The summed E-state index contributed by atoms with van der Waals surface area (Å²) in [5.74, 6) is -0.139. The number of nitrogens with one attached hydrogen (secondary N) is 1. The lowest BCUT2D eigenvalue weighted by atomic mass is 10.0. The Morgan fingerprint density at radius 1 is 1.07 bits per heavy atom. The van der Waals surface area contributed by atoms with E-state index in [2.05, 4.69) is 5.32 Å². The summed E-state index contributed by atoms with van der Waals surface area (Å²) < 4.78 is 10.5. The number of carbonyl (C=O) groups excluding carboxylic acids is 2. The first-order valence-electron chi connectivity index (χ1n) is 9.58. The average Bonchev–Trinajstić information content (AvgIpc) is 2.82. The molecule has 0 aliphatic carbocycles. The molecule has 0 atom stereocenters. The number of amides is 2. The number of carbonyl (C=O) groups is 2. The van der Waals surface area contributed by atoms with Gasteiger partial charge < -0.3 is 9.47 Å². The number of rotatable bonds is 5. The molecule has 28 heavy (non-hydrogen) atoms. The normalized spacial score (nSPS) is 12.8. The van der Waals surface area contributed by atoms with E-state index in [0.29, 0.717) is 12.3 Å². The van der Waals surface area contributed by atoms with E-state index in [9.17, 15) is 9.59 Å². The number of nitrogens with zero attached hydrogens (tertiary/aromatic N) is 1. The molecule has 1 heterocycles. The fraction of sp³-hybridized carbons (Fsp3) is 0.364. The smallest absolute Gasteiger partial charge is 0.411 e. The summed E-state index contributed by atoms with van der Waals surface area (Å²) in [6.07, 6.45) is 0.916. The monoisotopic (exact) mass is 382 g/mol. The van der Waals surface area contributed by atoms with Crippen LogP contribution in [0.2, 0.25) is 0 Å². The Labute approximate surface area is 165 Å². The van der Waals surface area contributed by atoms with E-state index < -0.39 is 6.09 Å². The SMILES string of the molecule is CCOCC(=O)N1c2ccccc2CCc2ccc(NC(=O)OC(C)C)cc21. The maximum atomic E-state index is 13.0. The number of fused-ring (bicyclic) bond motifs is 2. The minimum atomic E-state index is -0.517. The summed E-state index contributed by atoms with van der Waals surface area (Å²) in [6, 6.07) is 13.5. The van der Waals surface area contributed by atoms with Gasteiger partial charge in [-0.15, -0.1) is 0 Å². The summed E-state index contributed by atoms with van der Waals surface area (Å²) in [6.45, 7) is 5.91. The van der Waals surface area contributed by atoms with E-state index in [1.54, 1.807) is 18.7 Å². The van der Waals surface area contributed by atoms with E-state index in [0.717, 1.165) is 35.3 Å². The number of anilines is 3. The highest BCUT2D eigenvalue weighted by molar-refractivity contribution is 6.03. The Morgan fingerprint density at radius 3 is 2.50 bits per heavy atom. The van der Waals surface area contributed by atoms with Gasteiger partial charge in [0, 0.05) is 12.3 Å². The first kappa shape index (κ1) is 19.9. The Balaban J connectivity index is 1.99. The number of benzene rings is 2. The highest BCUT2D eigenvalue weighted by Crippen LogP contribution is 2.37. The van der Waals surface area contributed by atoms with Crippen LogP contribution >= 0.6 is 0 Å². The molecule has 1 aliphatic heterocycles. The van der Waals surface area contributed by atoms with E-state index in [-0.39, 0.29) is 18.6 Å². The third-order valence-electron chi connectivity index (χ3n) is 4.49. The van der Waals surface area contributed by atoms with Crippen molar-refractivity contribution < 1.29 is 19.1 Å². The molecule has 6 heteroatoms. The van der Waals surface area contributed by atoms with Crippen molar-refractivity contribution >= 4 is 29.1 Å². The second-order valence-corrected chi connectivity index (χ2v) is 6.92. The molecule has 0 radical (unpaired) electrons. The first-order chi connectivity index (χ1) is 13.5. The molecule has 2 amide bonds. The van der Waals surface area contributed by atoms with Crippen LogP contribution in [0.4, 0.5) is 21.9 Å². The topological polar surface area (TPSA) is 67.9 Å². The molecular formula is C22H26N2O4. The van der Waals surface area contributed by atoms with E-state index in [1.807, 2.05) is 49.4 Å². The Kier molecular flexibility index (Phi) is 6.31. The van der Waals surface area contributed by atoms with Crippen molar-refractivity contribution in [3.63, 3.8) is 0 Å². The molecule has 0 spiro atoms. The van der Waals surface area contributed by atoms with Crippen molar-refractivity contribution in [3.8, 4) is 0 Å². The van der Waals surface area contributed by atoms with Crippen molar-refractivity contribution in [1.29, 1.82) is 0 Å². The van der Waals surface area contributed by atoms with Crippen LogP contribution in [0.25, 0.3) is 0 Å². The highest BCUT2D eigenvalue weighted by Gasteiger charge is 2.26. The molecule has 6 nitrogen and oxygen atoms in total. The van der Waals surface area contributed by atoms with Crippen LogP contribution in [-0.2, 0) is 27.1 Å². The van der Waals surface area contributed by atoms with Crippen LogP contribution in [0, 0.1) is 0 Å². The van der Waals surface area contributed by atoms with Gasteiger partial charge in [-0.1, -0.05) is 24.3 Å². The zero-order chi connectivity index (χ0) is 20.1. The maximum absolute atomic E-state index is 13.0. The van der Waals surface area contributed by atoms with Crippen molar-refractivity contribution in [2.45, 2.75) is 39.7 Å². The molecule has 0 fully saturated rings. The van der Waals surface area contributed by atoms with Gasteiger partial charge >= 0.3 is 6.09 Å². The summed E-state index contributed by atoms with van der Waals surface area (Å²) in [4.78, 5) is 26.7. The van der Waals surface area contributed by atoms with Gasteiger partial charge in [-0.05, 0) is 62.9 Å². The van der Waals surface area contributed by atoms with Gasteiger partial charge in [-0.25, -0.2) is 4.79 Å². The van der Waals surface area contributed by atoms with Crippen molar-refractivity contribution in [3.05, 3.63) is 53.6 Å². The standard InChI is InChI=1S/C22H26N2O4/c1-4-27-14-21(25)24-19-8-6-5-7-16(19)9-10-17-11-12-18(13-20(17)24)23-22(26)28-15(2)3/h5-8,11-13,15H,4,9-10,14H2,1-3H3,(H,23,26). The van der Waals surface area contributed by atoms with Gasteiger partial charge in [0.05, 0.1) is 17.5 Å². The van der Waals surface area contributed by atoms with Crippen molar-refractivity contribution in [2.24, 2.45) is 0 Å². The molecule has 0 aromatic heterocycles. The lowest BCUT2D eigenvalue weighted by Gasteiger charge is -2.25. The third-order valence-corrected chi connectivity index (χ3v) is 4.49. The van der Waals surface area contributed by atoms with Gasteiger partial charge in [0.1, 0.15) is 6.61 Å². The predicted molar refractivity (Wildman–Crippen MR) is 109 cm³/mol. The molecular weight excluding hydrogens is 356 g/mol. The molecule has 1 N–H and O–H groups in total. The average molecular weight is 382 g/mol. The summed E-state index contributed by atoms with van der Waals surface area (Å²) in [5.41, 5.74) is 4.35. The number of para-hydroxylation sites is 1. The lowest BCUT2D eigenvalue weighted by molar-refractivity contribution is -0.122. The van der Waals surface area contributed by atoms with E-state index in [1.165, 1.54) is 0 Å². The molecule has 0 saturated heterocycles. The second kappa shape index (κ2) is 8.89. The number of ether oxygens (including phenoxy) is 2. The molecule has 0 unspecified atom stereocenters. The molecule has 148 valence electrons. The minimum Gasteiger partial charge on any atom is -0.447 e. The first-order valence-corrected chi connectivity index (χ1v) is 9.58. The lowest BCUT2D eigenvalue weighted by Crippen LogP contribution is -2.30. The molecule has 2 aromatic rings. The van der Waals surface area contributed by atoms with Crippen LogP contribution < -0.4 is 10.2 Å². The van der Waals surface area contributed by atoms with Gasteiger partial charge in [0.2, 0.25) is 0 Å². The van der Waals surface area contributed by atoms with E-state index in [4.69, 9.17) is 9.47 Å². The Hall–Kier alpha value is -2.86. The fourth-order valence-electron chi connectivity index (χ4n) is 3.28. The highest BCUT2D eigenvalue weighted by atomic mass is 16.6. The summed E-state index contributed by atoms with van der Waals surface area (Å²) in [5, 5.41) is 2.74. The number of aryl methyl sites for hydroxylation is 2. The molecule has 1 aliphatic rings. The van der Waals surface area contributed by atoms with Gasteiger partial charge in [-0.2, -0.15) is 0 Å². The zero-order valence-electron chi connectivity index (χ0n) is 16.5. The van der Waals surface area contributed by atoms with Gasteiger partial charge in [-0.3, -0.25) is 15.0 Å². The Morgan fingerprint density at radius 2 is 1.79 bits per heavy atom. The largest absolute Gasteiger partial charge is 0.447 e. The number of hydrogen-bond donors (Lipinski definition) is 1. The fourth-order valence-corrected chi connectivity index (χ4v) is 3.28. The van der Waals surface area contributed by atoms with Gasteiger partial charge in [0.25, 0.3) is 5.91 Å². The van der Waals surface area contributed by atoms with Crippen LogP contribution in [-0.4, -0.2) is 31.3 Å². The van der Waals surface area contributed by atoms with E-state index >= 15 is 0 Å². The molecule has 2 aromatic carbocycles. The quantitative estimate of drug-likeness (QED) is 0.830. The molecule has 0 bridgehead atoms. The second-order valence-electron chi connectivity index (χ2n) is 6.92.